The molecule has 0 bridgehead atoms. The molecule has 1 heterocycles. The second-order valence-corrected chi connectivity index (χ2v) is 7.56. The van der Waals surface area contributed by atoms with Gasteiger partial charge in [0.15, 0.2) is 5.96 Å². The van der Waals surface area contributed by atoms with Crippen LogP contribution in [0.5, 0.6) is 11.5 Å². The second-order valence-electron chi connectivity index (χ2n) is 7.56. The molecule has 1 aliphatic heterocycles. The highest BCUT2D eigenvalue weighted by Gasteiger charge is 2.66. The maximum absolute atomic E-state index is 6.01. The molecule has 27 heavy (non-hydrogen) atoms. The first-order valence-corrected chi connectivity index (χ1v) is 9.51. The zero-order valence-electron chi connectivity index (χ0n) is 16.3. The van der Waals surface area contributed by atoms with Gasteiger partial charge in [-0.15, -0.1) is 24.0 Å². The molecule has 1 aromatic carbocycles. The lowest BCUT2D eigenvalue weighted by molar-refractivity contribution is -0.171. The lowest BCUT2D eigenvalue weighted by atomic mass is 9.46. The van der Waals surface area contributed by atoms with Crippen LogP contribution in [-0.2, 0) is 11.3 Å². The van der Waals surface area contributed by atoms with Crippen LogP contribution in [0.4, 0.5) is 0 Å². The van der Waals surface area contributed by atoms with Gasteiger partial charge in [0, 0.05) is 49.2 Å². The highest BCUT2D eigenvalue weighted by atomic mass is 127. The Morgan fingerprint density at radius 1 is 1.30 bits per heavy atom. The molecule has 3 unspecified atom stereocenters. The number of fused-ring (bicyclic) bond motifs is 2. The number of rotatable bonds is 5. The molecule has 1 spiro atoms. The number of nitrogens with one attached hydrogen (secondary N) is 2. The van der Waals surface area contributed by atoms with Gasteiger partial charge in [0.2, 0.25) is 0 Å². The molecule has 0 aromatic heterocycles. The minimum absolute atomic E-state index is 0. The first-order chi connectivity index (χ1) is 12.7. The second kappa shape index (κ2) is 8.43. The lowest BCUT2D eigenvalue weighted by Gasteiger charge is -2.63. The fourth-order valence-electron chi connectivity index (χ4n) is 4.97. The topological polar surface area (TPSA) is 64.1 Å². The molecule has 6 nitrogen and oxygen atoms in total. The van der Waals surface area contributed by atoms with Gasteiger partial charge in [0.25, 0.3) is 0 Å². The van der Waals surface area contributed by atoms with Crippen LogP contribution in [0.1, 0.15) is 31.2 Å². The Morgan fingerprint density at radius 2 is 2.11 bits per heavy atom. The van der Waals surface area contributed by atoms with Crippen molar-refractivity contribution < 1.29 is 14.2 Å². The van der Waals surface area contributed by atoms with Crippen molar-refractivity contribution in [3.8, 4) is 11.5 Å². The van der Waals surface area contributed by atoms with E-state index in [-0.39, 0.29) is 24.0 Å². The van der Waals surface area contributed by atoms with E-state index in [1.807, 2.05) is 25.2 Å². The predicted octanol–water partition coefficient (Wildman–Crippen LogP) is 2.94. The number of ether oxygens (including phenoxy) is 3. The standard InChI is InChI=1S/C20H29N3O3.HI/c1-21-19(22-12-13-5-6-14(24-2)11-16(13)25-3)23-17-15-7-10-26-18(15)20(17)8-4-9-20;/h5-6,11,15,17-18H,4,7-10,12H2,1-3H3,(H2,21,22,23);1H. The van der Waals surface area contributed by atoms with Gasteiger partial charge in [-0.3, -0.25) is 4.99 Å². The Bertz CT molecular complexity index is 693. The molecule has 1 aromatic rings. The average Bonchev–Trinajstić information content (AvgIpc) is 3.05. The van der Waals surface area contributed by atoms with E-state index in [1.165, 1.54) is 19.3 Å². The molecule has 7 heteroatoms. The van der Waals surface area contributed by atoms with Gasteiger partial charge in [0.05, 0.1) is 20.3 Å². The smallest absolute Gasteiger partial charge is 0.191 e. The van der Waals surface area contributed by atoms with Crippen molar-refractivity contribution in [1.29, 1.82) is 0 Å². The molecule has 0 amide bonds. The van der Waals surface area contributed by atoms with Gasteiger partial charge in [-0.2, -0.15) is 0 Å². The molecule has 3 aliphatic rings. The van der Waals surface area contributed by atoms with Crippen molar-refractivity contribution in [2.45, 2.75) is 44.4 Å². The van der Waals surface area contributed by atoms with E-state index >= 15 is 0 Å². The van der Waals surface area contributed by atoms with E-state index in [1.54, 1.807) is 14.2 Å². The fraction of sp³-hybridized carbons (Fsp3) is 0.650. The molecule has 4 rings (SSSR count). The third-order valence-corrected chi connectivity index (χ3v) is 6.49. The van der Waals surface area contributed by atoms with Crippen LogP contribution in [0.25, 0.3) is 0 Å². The Balaban J connectivity index is 0.00000210. The third kappa shape index (κ3) is 3.48. The molecule has 2 aliphatic carbocycles. The minimum Gasteiger partial charge on any atom is -0.497 e. The maximum Gasteiger partial charge on any atom is 0.191 e. The molecular weight excluding hydrogens is 457 g/mol. The molecular formula is C20H30IN3O3. The van der Waals surface area contributed by atoms with Gasteiger partial charge in [-0.05, 0) is 31.4 Å². The highest BCUT2D eigenvalue weighted by Crippen LogP contribution is 2.62. The van der Waals surface area contributed by atoms with Crippen LogP contribution in [0, 0.1) is 11.3 Å². The molecule has 3 atom stereocenters. The Hall–Kier alpha value is -1.22. The number of halogens is 1. The summed E-state index contributed by atoms with van der Waals surface area (Å²) < 4.78 is 16.8. The van der Waals surface area contributed by atoms with E-state index in [2.05, 4.69) is 15.6 Å². The quantitative estimate of drug-likeness (QED) is 0.380. The number of hydrogen-bond donors (Lipinski definition) is 2. The first-order valence-electron chi connectivity index (χ1n) is 9.51. The van der Waals surface area contributed by atoms with Crippen molar-refractivity contribution in [2.24, 2.45) is 16.3 Å². The summed E-state index contributed by atoms with van der Waals surface area (Å²) in [6.45, 7) is 1.56. The van der Waals surface area contributed by atoms with Crippen LogP contribution in [0.15, 0.2) is 23.2 Å². The normalized spacial score (nSPS) is 27.7. The van der Waals surface area contributed by atoms with Crippen LogP contribution in [0.3, 0.4) is 0 Å². The Labute approximate surface area is 178 Å². The van der Waals surface area contributed by atoms with Gasteiger partial charge >= 0.3 is 0 Å². The van der Waals surface area contributed by atoms with Crippen molar-refractivity contribution in [2.75, 3.05) is 27.9 Å². The molecule has 2 saturated carbocycles. The summed E-state index contributed by atoms with van der Waals surface area (Å²) >= 11 is 0. The predicted molar refractivity (Wildman–Crippen MR) is 116 cm³/mol. The zero-order chi connectivity index (χ0) is 18.1. The first kappa shape index (κ1) is 20.5. The van der Waals surface area contributed by atoms with Gasteiger partial charge in [-0.25, -0.2) is 0 Å². The van der Waals surface area contributed by atoms with Crippen LogP contribution in [-0.4, -0.2) is 46.0 Å². The molecule has 0 radical (unpaired) electrons. The third-order valence-electron chi connectivity index (χ3n) is 6.49. The number of methoxy groups -OCH3 is 2. The maximum atomic E-state index is 6.01. The molecule has 1 saturated heterocycles. The Kier molecular flexibility index (Phi) is 6.40. The van der Waals surface area contributed by atoms with Crippen LogP contribution >= 0.6 is 24.0 Å². The van der Waals surface area contributed by atoms with E-state index in [4.69, 9.17) is 14.2 Å². The number of hydrogen-bond acceptors (Lipinski definition) is 4. The Morgan fingerprint density at radius 3 is 2.74 bits per heavy atom. The van der Waals surface area contributed by atoms with E-state index in [0.717, 1.165) is 36.0 Å². The van der Waals surface area contributed by atoms with E-state index in [9.17, 15) is 0 Å². The van der Waals surface area contributed by atoms with Gasteiger partial charge < -0.3 is 24.8 Å². The van der Waals surface area contributed by atoms with Crippen LogP contribution in [0.2, 0.25) is 0 Å². The van der Waals surface area contributed by atoms with Crippen molar-refractivity contribution in [1.82, 2.24) is 10.6 Å². The lowest BCUT2D eigenvalue weighted by Crippen LogP contribution is -2.72. The average molecular weight is 487 g/mol. The molecule has 3 fully saturated rings. The highest BCUT2D eigenvalue weighted by molar-refractivity contribution is 14.0. The zero-order valence-corrected chi connectivity index (χ0v) is 18.6. The number of aliphatic imine (C=N–C) groups is 1. The summed E-state index contributed by atoms with van der Waals surface area (Å²) in [6.07, 6.45) is 5.49. The summed E-state index contributed by atoms with van der Waals surface area (Å²) in [5.41, 5.74) is 1.42. The molecule has 2 N–H and O–H groups in total. The van der Waals surface area contributed by atoms with E-state index < -0.39 is 0 Å². The summed E-state index contributed by atoms with van der Waals surface area (Å²) in [6, 6.07) is 6.36. The van der Waals surface area contributed by atoms with Gasteiger partial charge in [0.1, 0.15) is 11.5 Å². The molecule has 150 valence electrons. The summed E-state index contributed by atoms with van der Waals surface area (Å²) in [5, 5.41) is 7.13. The fourth-order valence-corrected chi connectivity index (χ4v) is 4.97. The van der Waals surface area contributed by atoms with Crippen LogP contribution < -0.4 is 20.1 Å². The summed E-state index contributed by atoms with van der Waals surface area (Å²) in [4.78, 5) is 4.44. The van der Waals surface area contributed by atoms with E-state index in [0.29, 0.717) is 30.0 Å². The summed E-state index contributed by atoms with van der Waals surface area (Å²) in [5.74, 6) is 3.09. The largest absolute Gasteiger partial charge is 0.497 e. The van der Waals surface area contributed by atoms with Crippen molar-refractivity contribution in [3.63, 3.8) is 0 Å². The monoisotopic (exact) mass is 487 g/mol. The minimum atomic E-state index is 0. The number of benzene rings is 1. The van der Waals surface area contributed by atoms with Crippen molar-refractivity contribution >= 4 is 29.9 Å². The van der Waals surface area contributed by atoms with Crippen molar-refractivity contribution in [3.05, 3.63) is 23.8 Å². The SMILES string of the molecule is CN=C(NCc1ccc(OC)cc1OC)NC1C2CCOC2C12CCC2.I. The van der Waals surface area contributed by atoms with Gasteiger partial charge in [-0.1, -0.05) is 6.42 Å². The number of guanidine groups is 1. The number of nitrogens with zero attached hydrogens (tertiary/aromatic N) is 1. The summed E-state index contributed by atoms with van der Waals surface area (Å²) in [7, 11) is 5.17.